The molecule has 4 nitrogen and oxygen atoms in total. The molecule has 0 radical (unpaired) electrons. The lowest BCUT2D eigenvalue weighted by atomic mass is 9.96. The molecule has 0 aliphatic carbocycles. The van der Waals surface area contributed by atoms with Crippen molar-refractivity contribution in [2.75, 3.05) is 29.9 Å². The molecule has 5 heteroatoms. The third-order valence-electron chi connectivity index (χ3n) is 4.16. The predicted octanol–water partition coefficient (Wildman–Crippen LogP) is 4.47. The zero-order valence-corrected chi connectivity index (χ0v) is 14.8. The summed E-state index contributed by atoms with van der Waals surface area (Å²) in [6, 6.07) is 0. The van der Waals surface area contributed by atoms with Gasteiger partial charge in [-0.25, -0.2) is 9.97 Å². The summed E-state index contributed by atoms with van der Waals surface area (Å²) in [5, 5.41) is 3.36. The van der Waals surface area contributed by atoms with Gasteiger partial charge in [-0.05, 0) is 47.5 Å². The van der Waals surface area contributed by atoms with E-state index in [4.69, 9.17) is 0 Å². The normalized spacial score (nSPS) is 19.4. The fraction of sp³-hybridized carbons (Fsp3) is 0.750. The Hall–Kier alpha value is -0.840. The summed E-state index contributed by atoms with van der Waals surface area (Å²) >= 11 is 3.69. The molecule has 1 aliphatic heterocycles. The molecular weight excluding hydrogens is 328 g/mol. The van der Waals surface area contributed by atoms with E-state index in [1.165, 1.54) is 32.1 Å². The molecule has 0 amide bonds. The van der Waals surface area contributed by atoms with Crippen LogP contribution in [0.5, 0.6) is 0 Å². The van der Waals surface area contributed by atoms with E-state index in [2.05, 4.69) is 50.0 Å². The van der Waals surface area contributed by atoms with Crippen molar-refractivity contribution in [3.05, 3.63) is 10.8 Å². The van der Waals surface area contributed by atoms with Gasteiger partial charge in [0.25, 0.3) is 0 Å². The highest BCUT2D eigenvalue weighted by atomic mass is 79.9. The highest BCUT2D eigenvalue weighted by Gasteiger charge is 2.20. The Morgan fingerprint density at radius 3 is 2.86 bits per heavy atom. The van der Waals surface area contributed by atoms with Crippen molar-refractivity contribution in [3.8, 4) is 0 Å². The quantitative estimate of drug-likeness (QED) is 0.818. The van der Waals surface area contributed by atoms with Crippen LogP contribution >= 0.6 is 15.9 Å². The number of hydrogen-bond acceptors (Lipinski definition) is 4. The van der Waals surface area contributed by atoms with Crippen molar-refractivity contribution in [2.24, 2.45) is 5.92 Å². The van der Waals surface area contributed by atoms with Gasteiger partial charge >= 0.3 is 0 Å². The van der Waals surface area contributed by atoms with Gasteiger partial charge in [-0.3, -0.25) is 0 Å². The van der Waals surface area contributed by atoms with Gasteiger partial charge in [0.15, 0.2) is 0 Å². The molecule has 0 aromatic carbocycles. The number of rotatable bonds is 6. The molecule has 1 N–H and O–H groups in total. The van der Waals surface area contributed by atoms with Crippen LogP contribution in [0, 0.1) is 5.92 Å². The van der Waals surface area contributed by atoms with Crippen molar-refractivity contribution in [1.29, 1.82) is 0 Å². The van der Waals surface area contributed by atoms with Gasteiger partial charge in [-0.1, -0.05) is 26.7 Å². The molecule has 1 aromatic heterocycles. The van der Waals surface area contributed by atoms with Gasteiger partial charge in [0, 0.05) is 19.6 Å². The Morgan fingerprint density at radius 2 is 2.10 bits per heavy atom. The van der Waals surface area contributed by atoms with Crippen molar-refractivity contribution < 1.29 is 0 Å². The van der Waals surface area contributed by atoms with E-state index in [0.29, 0.717) is 0 Å². The molecule has 1 unspecified atom stereocenters. The van der Waals surface area contributed by atoms with E-state index in [1.54, 1.807) is 6.33 Å². The van der Waals surface area contributed by atoms with E-state index in [1.807, 2.05) is 0 Å². The summed E-state index contributed by atoms with van der Waals surface area (Å²) in [7, 11) is 0. The molecule has 2 heterocycles. The molecule has 1 aromatic rings. The summed E-state index contributed by atoms with van der Waals surface area (Å²) in [5.41, 5.74) is 0. The predicted molar refractivity (Wildman–Crippen MR) is 93.0 cm³/mol. The van der Waals surface area contributed by atoms with Crippen LogP contribution in [0.3, 0.4) is 0 Å². The first-order chi connectivity index (χ1) is 10.3. The molecule has 0 bridgehead atoms. The van der Waals surface area contributed by atoms with Crippen LogP contribution in [0.15, 0.2) is 10.8 Å². The van der Waals surface area contributed by atoms with Gasteiger partial charge in [-0.15, -0.1) is 0 Å². The van der Waals surface area contributed by atoms with Crippen molar-refractivity contribution in [3.63, 3.8) is 0 Å². The molecule has 0 saturated carbocycles. The second kappa shape index (κ2) is 8.57. The lowest BCUT2D eigenvalue weighted by Crippen LogP contribution is -2.26. The van der Waals surface area contributed by atoms with E-state index >= 15 is 0 Å². The molecule has 2 rings (SSSR count). The van der Waals surface area contributed by atoms with Crippen molar-refractivity contribution in [1.82, 2.24) is 9.97 Å². The van der Waals surface area contributed by atoms with Gasteiger partial charge in [0.1, 0.15) is 22.4 Å². The van der Waals surface area contributed by atoms with Crippen LogP contribution in [-0.2, 0) is 0 Å². The fourth-order valence-corrected chi connectivity index (χ4v) is 3.62. The Kier molecular flexibility index (Phi) is 6.74. The number of nitrogens with zero attached hydrogens (tertiary/aromatic N) is 3. The zero-order chi connectivity index (χ0) is 15.1. The van der Waals surface area contributed by atoms with E-state index < -0.39 is 0 Å². The third kappa shape index (κ3) is 4.56. The second-order valence-electron chi connectivity index (χ2n) is 5.86. The summed E-state index contributed by atoms with van der Waals surface area (Å²) < 4.78 is 1.01. The van der Waals surface area contributed by atoms with Crippen molar-refractivity contribution in [2.45, 2.75) is 52.4 Å². The number of halogens is 1. The minimum absolute atomic E-state index is 0.887. The van der Waals surface area contributed by atoms with Crippen LogP contribution < -0.4 is 10.2 Å². The summed E-state index contributed by atoms with van der Waals surface area (Å²) in [5.74, 6) is 2.84. The minimum atomic E-state index is 0.887. The first kappa shape index (κ1) is 16.5. The first-order valence-electron chi connectivity index (χ1n) is 8.25. The van der Waals surface area contributed by atoms with Crippen LogP contribution in [0.1, 0.15) is 52.4 Å². The Bertz CT molecular complexity index is 438. The summed E-state index contributed by atoms with van der Waals surface area (Å²) in [6.07, 6.45) is 9.32. The number of aromatic nitrogens is 2. The molecule has 1 atom stereocenters. The lowest BCUT2D eigenvalue weighted by molar-refractivity contribution is 0.435. The maximum Gasteiger partial charge on any atom is 0.148 e. The summed E-state index contributed by atoms with van der Waals surface area (Å²) in [4.78, 5) is 11.3. The standard InChI is InChI=1S/C16H27BrN4/c1-3-6-13-7-5-10-21(11-8-13)16-14(17)15(18-9-4-2)19-12-20-16/h12-13H,3-11H2,1-2H3,(H,18,19,20). The average molecular weight is 355 g/mol. The van der Waals surface area contributed by atoms with Gasteiger partial charge < -0.3 is 10.2 Å². The smallest absolute Gasteiger partial charge is 0.148 e. The van der Waals surface area contributed by atoms with Crippen LogP contribution in [-0.4, -0.2) is 29.6 Å². The molecule has 21 heavy (non-hydrogen) atoms. The molecule has 118 valence electrons. The van der Waals surface area contributed by atoms with Crippen LogP contribution in [0.2, 0.25) is 0 Å². The lowest BCUT2D eigenvalue weighted by Gasteiger charge is -2.23. The number of hydrogen-bond donors (Lipinski definition) is 1. The highest BCUT2D eigenvalue weighted by molar-refractivity contribution is 9.10. The third-order valence-corrected chi connectivity index (χ3v) is 4.89. The minimum Gasteiger partial charge on any atom is -0.369 e. The maximum absolute atomic E-state index is 4.51. The Labute approximate surface area is 136 Å². The molecule has 1 aliphatic rings. The summed E-state index contributed by atoms with van der Waals surface area (Å²) in [6.45, 7) is 7.59. The molecule has 1 fully saturated rings. The van der Waals surface area contributed by atoms with E-state index in [0.717, 1.165) is 48.1 Å². The van der Waals surface area contributed by atoms with Crippen LogP contribution in [0.25, 0.3) is 0 Å². The van der Waals surface area contributed by atoms with Gasteiger partial charge in [-0.2, -0.15) is 0 Å². The monoisotopic (exact) mass is 354 g/mol. The largest absolute Gasteiger partial charge is 0.369 e. The molecule has 0 spiro atoms. The average Bonchev–Trinajstić information content (AvgIpc) is 2.72. The van der Waals surface area contributed by atoms with Gasteiger partial charge in [0.2, 0.25) is 0 Å². The van der Waals surface area contributed by atoms with Gasteiger partial charge in [0.05, 0.1) is 0 Å². The molecular formula is C16H27BrN4. The second-order valence-corrected chi connectivity index (χ2v) is 6.65. The molecule has 1 saturated heterocycles. The number of nitrogens with one attached hydrogen (secondary N) is 1. The van der Waals surface area contributed by atoms with E-state index in [9.17, 15) is 0 Å². The number of anilines is 2. The fourth-order valence-electron chi connectivity index (χ4n) is 3.02. The van der Waals surface area contributed by atoms with Crippen LogP contribution in [0.4, 0.5) is 11.6 Å². The first-order valence-corrected chi connectivity index (χ1v) is 9.04. The Balaban J connectivity index is 2.07. The Morgan fingerprint density at radius 1 is 1.24 bits per heavy atom. The van der Waals surface area contributed by atoms with E-state index in [-0.39, 0.29) is 0 Å². The SMILES string of the molecule is CCCNc1ncnc(N2CCCC(CCC)CC2)c1Br. The maximum atomic E-state index is 4.51. The zero-order valence-electron chi connectivity index (χ0n) is 13.2. The highest BCUT2D eigenvalue weighted by Crippen LogP contribution is 2.32. The van der Waals surface area contributed by atoms with Crippen molar-refractivity contribution >= 4 is 27.6 Å². The topological polar surface area (TPSA) is 41.1 Å².